The minimum atomic E-state index is -0.799. The average Bonchev–Trinajstić information content (AvgIpc) is 2.95. The number of para-hydroxylation sites is 7. The monoisotopic (exact) mass is 1260 g/mol. The topological polar surface area (TPSA) is 339 Å². The van der Waals surface area contributed by atoms with E-state index in [9.17, 15) is 54.0 Å². The highest BCUT2D eigenvalue weighted by molar-refractivity contribution is 6.40. The van der Waals surface area contributed by atoms with Gasteiger partial charge in [-0.25, -0.2) is 19.2 Å². The van der Waals surface area contributed by atoms with E-state index in [1.807, 2.05) is 0 Å². The van der Waals surface area contributed by atoms with Crippen LogP contribution in [0.15, 0.2) is 170 Å². The first-order valence-corrected chi connectivity index (χ1v) is 25.6. The summed E-state index contributed by atoms with van der Waals surface area (Å²) in [5, 5.41) is 40.0. The number of nitrogen functional groups attached to an aromatic ring is 2. The molecule has 8 rings (SSSR count). The summed E-state index contributed by atoms with van der Waals surface area (Å²) in [4.78, 5) is 65.8. The first-order valence-electron chi connectivity index (χ1n) is 24.5. The van der Waals surface area contributed by atoms with Crippen LogP contribution in [0.5, 0.6) is 63.2 Å². The molecule has 0 atom stereocenters. The van der Waals surface area contributed by atoms with Gasteiger partial charge in [-0.1, -0.05) is 56.0 Å². The number of phenols is 2. The lowest BCUT2D eigenvalue weighted by molar-refractivity contribution is -0.387. The Morgan fingerprint density at radius 2 is 0.761 bits per heavy atom. The number of anilines is 2. The first-order chi connectivity index (χ1) is 41.6. The summed E-state index contributed by atoms with van der Waals surface area (Å²) < 4.78 is 62.8. The predicted octanol–water partition coefficient (Wildman–Crippen LogP) is 13.6. The van der Waals surface area contributed by atoms with Gasteiger partial charge in [-0.2, -0.15) is 4.39 Å². The maximum Gasteiger partial charge on any atom is 0.341 e. The van der Waals surface area contributed by atoms with Gasteiger partial charge in [-0.05, 0) is 84.9 Å². The largest absolute Gasteiger partial charge is 0.508 e. The lowest BCUT2D eigenvalue weighted by Gasteiger charge is -2.12. The SMILES string of the molecule is C.COC(=O)c1ccc(O)cc1Oc1ccccc1N.COC(=O)c1ccc(OC)cc1O.COC(=O)c1ccc(OC)cc1Oc1ccccc1N.COC(=O)c1ccc(OC)cc1Oc1ccccc1[N+](=O)[O-].ClCCl.O=[N+]([O-])c1ccccc1F. The Labute approximate surface area is 514 Å². The van der Waals surface area contributed by atoms with Crippen molar-refractivity contribution in [3.63, 3.8) is 0 Å². The molecule has 0 saturated heterocycles. The molecule has 0 radical (unpaired) electrons. The third-order valence-corrected chi connectivity index (χ3v) is 10.8. The van der Waals surface area contributed by atoms with Gasteiger partial charge >= 0.3 is 35.3 Å². The number of aromatic hydroxyl groups is 2. The van der Waals surface area contributed by atoms with Gasteiger partial charge in [-0.15, -0.1) is 23.2 Å². The molecule has 0 fully saturated rings. The number of phenolic OH excluding ortho intramolecular Hbond substituents is 2. The summed E-state index contributed by atoms with van der Waals surface area (Å²) in [5.41, 5.74) is 12.6. The van der Waals surface area contributed by atoms with Gasteiger partial charge in [0, 0.05) is 36.4 Å². The Morgan fingerprint density at radius 1 is 0.443 bits per heavy atom. The van der Waals surface area contributed by atoms with Crippen LogP contribution in [-0.4, -0.2) is 99.0 Å². The molecule has 0 aromatic heterocycles. The number of nitrogens with two attached hydrogens (primary N) is 2. The van der Waals surface area contributed by atoms with Crippen molar-refractivity contribution in [2.75, 3.05) is 66.6 Å². The number of halogens is 3. The number of carbonyl (C=O) groups excluding carboxylic acids is 4. The van der Waals surface area contributed by atoms with Crippen LogP contribution in [0.3, 0.4) is 0 Å². The summed E-state index contributed by atoms with van der Waals surface area (Å²) in [6.07, 6.45) is 0. The normalized spacial score (nSPS) is 9.52. The maximum atomic E-state index is 12.4. The zero-order chi connectivity index (χ0) is 64.6. The maximum absolute atomic E-state index is 12.4. The Bertz CT molecular complexity index is 3610. The summed E-state index contributed by atoms with van der Waals surface area (Å²) in [5.74, 6) is -0.170. The number of nitrogens with zero attached hydrogens (tertiary/aromatic N) is 2. The Balaban J connectivity index is 0.000000377. The molecule has 24 nitrogen and oxygen atoms in total. The molecule has 8 aromatic rings. The zero-order valence-electron chi connectivity index (χ0n) is 47.3. The van der Waals surface area contributed by atoms with Gasteiger partial charge in [0.05, 0.1) is 76.3 Å². The third-order valence-electron chi connectivity index (χ3n) is 10.8. The number of carbonyl (C=O) groups is 4. The number of esters is 4. The lowest BCUT2D eigenvalue weighted by atomic mass is 10.2. The number of rotatable bonds is 15. The van der Waals surface area contributed by atoms with Crippen LogP contribution in [0, 0.1) is 26.0 Å². The lowest BCUT2D eigenvalue weighted by Crippen LogP contribution is -2.04. The van der Waals surface area contributed by atoms with Crippen molar-refractivity contribution in [2.45, 2.75) is 7.43 Å². The Kier molecular flexibility index (Phi) is 31.6. The van der Waals surface area contributed by atoms with Crippen LogP contribution < -0.4 is 39.9 Å². The van der Waals surface area contributed by atoms with Crippen LogP contribution in [0.2, 0.25) is 0 Å². The van der Waals surface area contributed by atoms with Crippen molar-refractivity contribution in [1.29, 1.82) is 0 Å². The van der Waals surface area contributed by atoms with Crippen molar-refractivity contribution in [1.82, 2.24) is 0 Å². The molecule has 6 N–H and O–H groups in total. The molecule has 466 valence electrons. The van der Waals surface area contributed by atoms with E-state index in [-0.39, 0.29) is 63.9 Å². The number of nitro benzene ring substituents is 2. The second kappa shape index (κ2) is 38.0. The van der Waals surface area contributed by atoms with E-state index in [0.29, 0.717) is 51.4 Å². The predicted molar refractivity (Wildman–Crippen MR) is 325 cm³/mol. The van der Waals surface area contributed by atoms with Crippen LogP contribution in [0.1, 0.15) is 48.9 Å². The van der Waals surface area contributed by atoms with Crippen molar-refractivity contribution in [3.05, 3.63) is 218 Å². The number of methoxy groups -OCH3 is 7. The van der Waals surface area contributed by atoms with Crippen LogP contribution in [-0.2, 0) is 18.9 Å². The Morgan fingerprint density at radius 3 is 1.12 bits per heavy atom. The highest BCUT2D eigenvalue weighted by Gasteiger charge is 2.21. The Hall–Kier alpha value is -11.1. The van der Waals surface area contributed by atoms with Crippen LogP contribution in [0.25, 0.3) is 0 Å². The quantitative estimate of drug-likeness (QED) is 0.0185. The molecule has 0 spiro atoms. The summed E-state index contributed by atoms with van der Waals surface area (Å²) >= 11 is 9.53. The number of ether oxygens (including phenoxy) is 10. The zero-order valence-corrected chi connectivity index (χ0v) is 48.8. The molecule has 0 bridgehead atoms. The average molecular weight is 1260 g/mol. The van der Waals surface area contributed by atoms with E-state index >= 15 is 0 Å². The highest BCUT2D eigenvalue weighted by Crippen LogP contribution is 2.37. The van der Waals surface area contributed by atoms with Crippen molar-refractivity contribution in [3.8, 4) is 63.2 Å². The minimum Gasteiger partial charge on any atom is -0.508 e. The minimum absolute atomic E-state index is 0. The second-order valence-corrected chi connectivity index (χ2v) is 17.0. The van der Waals surface area contributed by atoms with Gasteiger partial charge in [0.1, 0.15) is 79.7 Å². The fraction of sp³-hybridized carbons (Fsp3) is 0.148. The van der Waals surface area contributed by atoms with E-state index < -0.39 is 45.2 Å². The summed E-state index contributed by atoms with van der Waals surface area (Å²) in [6, 6.07) is 42.6. The molecule has 0 heterocycles. The number of alkyl halides is 2. The molecular weight excluding hydrogens is 1200 g/mol. The summed E-state index contributed by atoms with van der Waals surface area (Å²) in [6.45, 7) is 0. The molecule has 0 amide bonds. The number of hydrogen-bond donors (Lipinski definition) is 4. The van der Waals surface area contributed by atoms with Crippen molar-refractivity contribution < 1.29 is 91.0 Å². The van der Waals surface area contributed by atoms with E-state index in [1.54, 1.807) is 84.9 Å². The smallest absolute Gasteiger partial charge is 0.341 e. The van der Waals surface area contributed by atoms with E-state index in [4.69, 9.17) is 67.8 Å². The molecule has 0 aliphatic carbocycles. The van der Waals surface area contributed by atoms with E-state index in [2.05, 4.69) is 14.2 Å². The van der Waals surface area contributed by atoms with Gasteiger partial charge in [0.25, 0.3) is 0 Å². The van der Waals surface area contributed by atoms with Crippen LogP contribution in [0.4, 0.5) is 27.1 Å². The van der Waals surface area contributed by atoms with Crippen molar-refractivity contribution in [2.24, 2.45) is 0 Å². The van der Waals surface area contributed by atoms with Crippen LogP contribution >= 0.6 is 23.2 Å². The van der Waals surface area contributed by atoms with Gasteiger partial charge in [-0.3, -0.25) is 20.2 Å². The number of nitro groups is 2. The van der Waals surface area contributed by atoms with E-state index in [1.165, 1.54) is 123 Å². The molecule has 0 saturated carbocycles. The van der Waals surface area contributed by atoms with Crippen molar-refractivity contribution >= 4 is 69.8 Å². The van der Waals surface area contributed by atoms with Gasteiger partial charge < -0.3 is 69.0 Å². The number of benzene rings is 8. The molecule has 0 aliphatic heterocycles. The fourth-order valence-electron chi connectivity index (χ4n) is 6.58. The molecule has 27 heteroatoms. The first kappa shape index (κ1) is 73.1. The van der Waals surface area contributed by atoms with Gasteiger partial charge in [0.15, 0.2) is 0 Å². The molecular formula is C61H61Cl2FN4O20. The summed E-state index contributed by atoms with van der Waals surface area (Å²) in [7, 11) is 9.55. The molecule has 0 aliphatic rings. The standard InChI is InChI=1S/C15H13NO6.C15H15NO4.C14H13NO4.C9H10O4.C6H4FNO2.CH2Cl2.CH4/c1-20-10-7-8-11(15(17)21-2)14(9-10)22-13-6-4-3-5-12(13)16(18)19;1-18-10-7-8-11(15(17)19-2)14(9-10)20-13-6-4-3-5-12(13)16;1-18-14(17)10-7-6-9(16)8-13(10)19-12-5-3-2-4-11(12)15;1-12-6-3-4-7(8(10)5-6)9(11)13-2;7-5-3-1-2-4-6(5)8(9)10;2-1-3;/h3-9H,1-2H3;3-9H,16H2,1-2H3;2-8,16H,15H2,1H3;3-5,10H,1-2H3;1-4H;1H2;1H4. The third kappa shape index (κ3) is 22.5. The molecule has 0 unspecified atom stereocenters. The fourth-order valence-corrected chi connectivity index (χ4v) is 6.58. The second-order valence-electron chi connectivity index (χ2n) is 16.2. The molecule has 88 heavy (non-hydrogen) atoms. The van der Waals surface area contributed by atoms with Gasteiger partial charge in [0.2, 0.25) is 11.6 Å². The molecule has 8 aromatic carbocycles. The number of hydrogen-bond acceptors (Lipinski definition) is 22. The highest BCUT2D eigenvalue weighted by atomic mass is 35.5. The van der Waals surface area contributed by atoms with E-state index in [0.717, 1.165) is 12.1 Å².